The Morgan fingerprint density at radius 3 is 2.62 bits per heavy atom. The maximum absolute atomic E-state index is 14.5. The van der Waals surface area contributed by atoms with E-state index < -0.39 is 5.67 Å². The molecule has 1 nitrogen and oxygen atoms in total. The fourth-order valence-corrected chi connectivity index (χ4v) is 2.24. The lowest BCUT2D eigenvalue weighted by Crippen LogP contribution is -2.27. The first-order chi connectivity index (χ1) is 7.68. The molecule has 0 aromatic heterocycles. The van der Waals surface area contributed by atoms with Crippen LogP contribution < -0.4 is 5.32 Å². The van der Waals surface area contributed by atoms with Gasteiger partial charge in [0.1, 0.15) is 11.5 Å². The summed E-state index contributed by atoms with van der Waals surface area (Å²) in [6.07, 6.45) is 2.41. The highest BCUT2D eigenvalue weighted by Gasteiger charge is 2.30. The predicted molar refractivity (Wildman–Crippen MR) is 60.7 cm³/mol. The largest absolute Gasteiger partial charge is 0.317 e. The Kier molecular flexibility index (Phi) is 3.54. The lowest BCUT2D eigenvalue weighted by Gasteiger charge is -2.23. The highest BCUT2D eigenvalue weighted by atomic mass is 19.1. The van der Waals surface area contributed by atoms with Crippen molar-refractivity contribution < 1.29 is 8.78 Å². The van der Waals surface area contributed by atoms with Gasteiger partial charge >= 0.3 is 0 Å². The van der Waals surface area contributed by atoms with Gasteiger partial charge < -0.3 is 5.32 Å². The molecule has 0 spiro atoms. The van der Waals surface area contributed by atoms with Crippen LogP contribution in [0, 0.1) is 5.82 Å². The monoisotopic (exact) mass is 225 g/mol. The maximum atomic E-state index is 14.5. The first-order valence-corrected chi connectivity index (χ1v) is 5.82. The van der Waals surface area contributed by atoms with Crippen molar-refractivity contribution in [1.82, 2.24) is 5.32 Å². The van der Waals surface area contributed by atoms with Crippen LogP contribution in [0.5, 0.6) is 0 Å². The molecule has 0 radical (unpaired) electrons. The molecular weight excluding hydrogens is 208 g/mol. The number of hydrogen-bond donors (Lipinski definition) is 1. The molecule has 0 amide bonds. The third kappa shape index (κ3) is 3.01. The summed E-state index contributed by atoms with van der Waals surface area (Å²) >= 11 is 0. The van der Waals surface area contributed by atoms with Crippen LogP contribution in [0.2, 0.25) is 0 Å². The van der Waals surface area contributed by atoms with Crippen LogP contribution in [0.1, 0.15) is 24.8 Å². The van der Waals surface area contributed by atoms with E-state index in [4.69, 9.17) is 0 Å². The van der Waals surface area contributed by atoms with Crippen LogP contribution in [0.15, 0.2) is 24.3 Å². The van der Waals surface area contributed by atoms with Gasteiger partial charge in [-0.05, 0) is 50.0 Å². The lowest BCUT2D eigenvalue weighted by atomic mass is 9.89. The summed E-state index contributed by atoms with van der Waals surface area (Å²) < 4.78 is 27.2. The van der Waals surface area contributed by atoms with E-state index >= 15 is 0 Å². The van der Waals surface area contributed by atoms with E-state index in [0.29, 0.717) is 19.3 Å². The van der Waals surface area contributed by atoms with E-state index in [0.717, 1.165) is 25.1 Å². The van der Waals surface area contributed by atoms with E-state index in [1.807, 2.05) is 0 Å². The van der Waals surface area contributed by atoms with E-state index in [-0.39, 0.29) is 5.82 Å². The maximum Gasteiger partial charge on any atom is 0.123 e. The summed E-state index contributed by atoms with van der Waals surface area (Å²) in [7, 11) is 0. The summed E-state index contributed by atoms with van der Waals surface area (Å²) in [5.41, 5.74) is -0.243. The second-order valence-electron chi connectivity index (χ2n) is 4.56. The Labute approximate surface area is 94.9 Å². The molecule has 1 aromatic rings. The first-order valence-electron chi connectivity index (χ1n) is 5.82. The molecule has 1 atom stereocenters. The van der Waals surface area contributed by atoms with Crippen LogP contribution in [0.25, 0.3) is 0 Å². The van der Waals surface area contributed by atoms with Crippen molar-refractivity contribution >= 4 is 0 Å². The molecule has 3 heteroatoms. The van der Waals surface area contributed by atoms with Crippen LogP contribution in [-0.2, 0) is 6.42 Å². The zero-order valence-electron chi connectivity index (χ0n) is 9.31. The van der Waals surface area contributed by atoms with E-state index in [1.165, 1.54) is 12.1 Å². The van der Waals surface area contributed by atoms with Gasteiger partial charge in [-0.3, -0.25) is 0 Å². The summed E-state index contributed by atoms with van der Waals surface area (Å²) in [6, 6.07) is 6.14. The van der Waals surface area contributed by atoms with Crippen LogP contribution in [-0.4, -0.2) is 18.8 Å². The van der Waals surface area contributed by atoms with Crippen molar-refractivity contribution in [3.8, 4) is 0 Å². The number of nitrogens with one attached hydrogen (secondary N) is 1. The summed E-state index contributed by atoms with van der Waals surface area (Å²) in [6.45, 7) is 1.63. The lowest BCUT2D eigenvalue weighted by molar-refractivity contribution is 0.144. The van der Waals surface area contributed by atoms with Crippen molar-refractivity contribution in [2.24, 2.45) is 0 Å². The topological polar surface area (TPSA) is 12.0 Å². The van der Waals surface area contributed by atoms with Gasteiger partial charge in [-0.25, -0.2) is 8.78 Å². The Hall–Kier alpha value is -0.960. The van der Waals surface area contributed by atoms with Gasteiger partial charge in [-0.1, -0.05) is 12.1 Å². The van der Waals surface area contributed by atoms with Gasteiger partial charge in [-0.15, -0.1) is 0 Å². The molecule has 0 aliphatic carbocycles. The quantitative estimate of drug-likeness (QED) is 0.816. The Morgan fingerprint density at radius 1 is 1.12 bits per heavy atom. The predicted octanol–water partition coefficient (Wildman–Crippen LogP) is 2.85. The number of halogens is 2. The molecule has 1 heterocycles. The van der Waals surface area contributed by atoms with Crippen molar-refractivity contribution in [2.75, 3.05) is 13.1 Å². The first kappa shape index (κ1) is 11.5. The highest BCUT2D eigenvalue weighted by Crippen LogP contribution is 2.28. The van der Waals surface area contributed by atoms with Gasteiger partial charge in [-0.2, -0.15) is 0 Å². The second-order valence-corrected chi connectivity index (χ2v) is 4.56. The molecule has 0 saturated carbocycles. The van der Waals surface area contributed by atoms with Crippen molar-refractivity contribution in [3.05, 3.63) is 35.6 Å². The Morgan fingerprint density at radius 2 is 1.88 bits per heavy atom. The molecule has 16 heavy (non-hydrogen) atoms. The fraction of sp³-hybridized carbons (Fsp3) is 0.538. The number of hydrogen-bond acceptors (Lipinski definition) is 1. The van der Waals surface area contributed by atoms with Gasteiger partial charge in [0.15, 0.2) is 0 Å². The van der Waals surface area contributed by atoms with Gasteiger partial charge in [0.25, 0.3) is 0 Å². The molecule has 1 aromatic carbocycles. The third-order valence-electron chi connectivity index (χ3n) is 3.16. The van der Waals surface area contributed by atoms with Gasteiger partial charge in [0.05, 0.1) is 0 Å². The molecule has 1 saturated heterocycles. The van der Waals surface area contributed by atoms with E-state index in [9.17, 15) is 8.78 Å². The number of alkyl halides is 1. The molecule has 1 fully saturated rings. The average molecular weight is 225 g/mol. The van der Waals surface area contributed by atoms with Crippen molar-refractivity contribution in [3.63, 3.8) is 0 Å². The third-order valence-corrected chi connectivity index (χ3v) is 3.16. The summed E-state index contributed by atoms with van der Waals surface area (Å²) in [5.74, 6) is -0.265. The van der Waals surface area contributed by atoms with Crippen LogP contribution in [0.4, 0.5) is 8.78 Å². The van der Waals surface area contributed by atoms with Crippen molar-refractivity contribution in [2.45, 2.75) is 31.4 Å². The van der Waals surface area contributed by atoms with Crippen LogP contribution in [0.3, 0.4) is 0 Å². The minimum atomic E-state index is -1.12. The van der Waals surface area contributed by atoms with Crippen molar-refractivity contribution in [1.29, 1.82) is 0 Å². The number of benzene rings is 1. The van der Waals surface area contributed by atoms with Gasteiger partial charge in [0.2, 0.25) is 0 Å². The molecule has 1 aliphatic rings. The van der Waals surface area contributed by atoms with E-state index in [1.54, 1.807) is 12.1 Å². The smallest absolute Gasteiger partial charge is 0.123 e. The molecule has 1 aliphatic heterocycles. The molecule has 2 rings (SSSR count). The summed E-state index contributed by atoms with van der Waals surface area (Å²) in [5, 5.41) is 3.20. The fourth-order valence-electron chi connectivity index (χ4n) is 2.24. The normalized spacial score (nSPS) is 26.4. The highest BCUT2D eigenvalue weighted by molar-refractivity contribution is 5.18. The Bertz CT molecular complexity index is 326. The Balaban J connectivity index is 2.04. The molecule has 0 bridgehead atoms. The second kappa shape index (κ2) is 4.91. The minimum absolute atomic E-state index is 0.265. The van der Waals surface area contributed by atoms with E-state index in [2.05, 4.69) is 5.32 Å². The molecule has 1 unspecified atom stereocenters. The van der Waals surface area contributed by atoms with Gasteiger partial charge in [0, 0.05) is 6.42 Å². The zero-order chi connectivity index (χ0) is 11.4. The molecule has 1 N–H and O–H groups in total. The zero-order valence-corrected chi connectivity index (χ0v) is 9.31. The number of rotatable bonds is 2. The standard InChI is InChI=1S/C13H17F2N/c14-12-4-2-11(3-5-12)10-13(15)6-1-8-16-9-7-13/h2-5,16H,1,6-10H2. The SMILES string of the molecule is Fc1ccc(CC2(F)CCCNCC2)cc1. The van der Waals surface area contributed by atoms with Crippen LogP contribution >= 0.6 is 0 Å². The summed E-state index contributed by atoms with van der Waals surface area (Å²) in [4.78, 5) is 0. The minimum Gasteiger partial charge on any atom is -0.317 e. The molecule has 88 valence electrons. The average Bonchev–Trinajstić information content (AvgIpc) is 2.47. The molecular formula is C13H17F2N.